The highest BCUT2D eigenvalue weighted by atomic mass is 35.5. The number of aryl methyl sites for hydroxylation is 1. The van der Waals surface area contributed by atoms with Gasteiger partial charge in [-0.3, -0.25) is 0 Å². The monoisotopic (exact) mass is 348 g/mol. The normalized spacial score (nSPS) is 16.4. The predicted molar refractivity (Wildman–Crippen MR) is 78.0 cm³/mol. The van der Waals surface area contributed by atoms with Gasteiger partial charge in [0, 0.05) is 19.0 Å². The molecule has 9 heteroatoms. The largest absolute Gasteiger partial charge is 0.411 e. The molecule has 0 amide bonds. The fourth-order valence-corrected chi connectivity index (χ4v) is 2.63. The Hall–Kier alpha value is -1.59. The van der Waals surface area contributed by atoms with Gasteiger partial charge in [-0.15, -0.1) is 0 Å². The van der Waals surface area contributed by atoms with E-state index in [1.54, 1.807) is 6.92 Å². The molecule has 1 aliphatic heterocycles. The average molecular weight is 349 g/mol. The Morgan fingerprint density at radius 3 is 2.57 bits per heavy atom. The number of halogens is 4. The van der Waals surface area contributed by atoms with Crippen molar-refractivity contribution in [2.75, 3.05) is 24.6 Å². The molecule has 0 N–H and O–H groups in total. The highest BCUT2D eigenvalue weighted by molar-refractivity contribution is 6.31. The number of anilines is 1. The standard InChI is InChI=1S/C14H16ClF3N4O/c1-9-11(7-23-8-14(16,17)18)21-13(12(15)20-9)22-4-2-10(6-19)3-5-22/h10H,2-5,7-8H2,1H3. The molecule has 1 fully saturated rings. The van der Waals surface area contributed by atoms with Crippen molar-refractivity contribution < 1.29 is 17.9 Å². The molecule has 0 unspecified atom stereocenters. The lowest BCUT2D eigenvalue weighted by atomic mass is 9.99. The second kappa shape index (κ2) is 7.32. The number of rotatable bonds is 4. The lowest BCUT2D eigenvalue weighted by Gasteiger charge is -2.30. The SMILES string of the molecule is Cc1nc(Cl)c(N2CCC(C#N)CC2)nc1COCC(F)(F)F. The Kier molecular flexibility index (Phi) is 5.65. The highest BCUT2D eigenvalue weighted by Gasteiger charge is 2.28. The maximum Gasteiger partial charge on any atom is 0.411 e. The number of piperidine rings is 1. The summed E-state index contributed by atoms with van der Waals surface area (Å²) in [5, 5.41) is 9.12. The summed E-state index contributed by atoms with van der Waals surface area (Å²) in [6.45, 7) is 1.23. The molecule has 0 aromatic carbocycles. The van der Waals surface area contributed by atoms with Crippen LogP contribution in [-0.4, -0.2) is 35.8 Å². The van der Waals surface area contributed by atoms with Crippen LogP contribution in [0.1, 0.15) is 24.2 Å². The van der Waals surface area contributed by atoms with Crippen LogP contribution in [0.25, 0.3) is 0 Å². The summed E-state index contributed by atoms with van der Waals surface area (Å²) < 4.78 is 41.1. The first-order chi connectivity index (χ1) is 10.8. The van der Waals surface area contributed by atoms with Crippen LogP contribution in [0, 0.1) is 24.2 Å². The fourth-order valence-electron chi connectivity index (χ4n) is 2.34. The van der Waals surface area contributed by atoms with Gasteiger partial charge in [-0.25, -0.2) is 9.97 Å². The minimum Gasteiger partial charge on any atom is -0.366 e. The van der Waals surface area contributed by atoms with Gasteiger partial charge in [0.1, 0.15) is 6.61 Å². The summed E-state index contributed by atoms with van der Waals surface area (Å²) in [5.74, 6) is 0.442. The topological polar surface area (TPSA) is 62.0 Å². The van der Waals surface area contributed by atoms with E-state index >= 15 is 0 Å². The van der Waals surface area contributed by atoms with Crippen LogP contribution in [0.5, 0.6) is 0 Å². The van der Waals surface area contributed by atoms with E-state index in [9.17, 15) is 13.2 Å². The first-order valence-electron chi connectivity index (χ1n) is 7.12. The third-order valence-electron chi connectivity index (χ3n) is 3.59. The third kappa shape index (κ3) is 4.94. The van der Waals surface area contributed by atoms with Crippen LogP contribution in [0.4, 0.5) is 19.0 Å². The van der Waals surface area contributed by atoms with Gasteiger partial charge < -0.3 is 9.64 Å². The van der Waals surface area contributed by atoms with Gasteiger partial charge in [0.05, 0.1) is 24.1 Å². The zero-order chi connectivity index (χ0) is 17.0. The Morgan fingerprint density at radius 2 is 2.00 bits per heavy atom. The van der Waals surface area contributed by atoms with Gasteiger partial charge >= 0.3 is 6.18 Å². The van der Waals surface area contributed by atoms with Gasteiger partial charge in [-0.2, -0.15) is 18.4 Å². The molecule has 0 atom stereocenters. The van der Waals surface area contributed by atoms with Crippen molar-refractivity contribution >= 4 is 17.4 Å². The Balaban J connectivity index is 2.09. The predicted octanol–water partition coefficient (Wildman–Crippen LogP) is 3.26. The van der Waals surface area contributed by atoms with E-state index in [1.165, 1.54) is 0 Å². The first kappa shape index (κ1) is 17.8. The van der Waals surface area contributed by atoms with E-state index in [2.05, 4.69) is 20.8 Å². The van der Waals surface area contributed by atoms with E-state index in [0.717, 1.165) is 0 Å². The molecule has 23 heavy (non-hydrogen) atoms. The maximum absolute atomic E-state index is 12.1. The molecular formula is C14H16ClF3N4O. The zero-order valence-electron chi connectivity index (χ0n) is 12.5. The van der Waals surface area contributed by atoms with E-state index in [-0.39, 0.29) is 17.7 Å². The Bertz CT molecular complexity index is 595. The molecule has 0 bridgehead atoms. The van der Waals surface area contributed by atoms with Crippen molar-refractivity contribution in [3.05, 3.63) is 16.5 Å². The summed E-state index contributed by atoms with van der Waals surface area (Å²) in [5.41, 5.74) is 0.767. The minimum atomic E-state index is -4.38. The minimum absolute atomic E-state index is 0.0121. The van der Waals surface area contributed by atoms with Crippen molar-refractivity contribution in [1.29, 1.82) is 5.26 Å². The van der Waals surface area contributed by atoms with E-state index in [1.807, 2.05) is 4.90 Å². The van der Waals surface area contributed by atoms with E-state index in [0.29, 0.717) is 43.1 Å². The van der Waals surface area contributed by atoms with Crippen LogP contribution in [0.2, 0.25) is 5.15 Å². The first-order valence-corrected chi connectivity index (χ1v) is 7.50. The Morgan fingerprint density at radius 1 is 1.35 bits per heavy atom. The number of alkyl halides is 3. The van der Waals surface area contributed by atoms with Gasteiger partial charge in [-0.05, 0) is 19.8 Å². The summed E-state index contributed by atoms with van der Waals surface area (Å²) in [7, 11) is 0. The second-order valence-electron chi connectivity index (χ2n) is 5.37. The van der Waals surface area contributed by atoms with Crippen LogP contribution in [-0.2, 0) is 11.3 Å². The molecule has 126 valence electrons. The van der Waals surface area contributed by atoms with Crippen molar-refractivity contribution in [3.8, 4) is 6.07 Å². The number of hydrogen-bond donors (Lipinski definition) is 0. The molecule has 0 spiro atoms. The number of nitriles is 1. The molecular weight excluding hydrogens is 333 g/mol. The molecule has 1 saturated heterocycles. The second-order valence-corrected chi connectivity index (χ2v) is 5.73. The summed E-state index contributed by atoms with van der Waals surface area (Å²) in [4.78, 5) is 10.4. The quantitative estimate of drug-likeness (QED) is 0.835. The number of nitrogens with zero attached hydrogens (tertiary/aromatic N) is 4. The van der Waals surface area contributed by atoms with Gasteiger partial charge in [-0.1, -0.05) is 11.6 Å². The maximum atomic E-state index is 12.1. The number of ether oxygens (including phenoxy) is 1. The van der Waals surface area contributed by atoms with Crippen LogP contribution in [0.15, 0.2) is 0 Å². The molecule has 1 aromatic rings. The molecule has 0 saturated carbocycles. The molecule has 1 aromatic heterocycles. The lowest BCUT2D eigenvalue weighted by molar-refractivity contribution is -0.176. The fraction of sp³-hybridized carbons (Fsp3) is 0.643. The molecule has 0 aliphatic carbocycles. The van der Waals surface area contributed by atoms with Crippen LogP contribution >= 0.6 is 11.6 Å². The highest BCUT2D eigenvalue weighted by Crippen LogP contribution is 2.28. The van der Waals surface area contributed by atoms with Crippen LogP contribution < -0.4 is 4.90 Å². The van der Waals surface area contributed by atoms with E-state index in [4.69, 9.17) is 16.9 Å². The third-order valence-corrected chi connectivity index (χ3v) is 3.84. The summed E-state index contributed by atoms with van der Waals surface area (Å²) in [6.07, 6.45) is -2.99. The van der Waals surface area contributed by atoms with Crippen molar-refractivity contribution in [2.45, 2.75) is 32.5 Å². The summed E-state index contributed by atoms with van der Waals surface area (Å²) >= 11 is 6.11. The number of aromatic nitrogens is 2. The average Bonchev–Trinajstić information content (AvgIpc) is 2.48. The molecule has 2 rings (SSSR count). The smallest absolute Gasteiger partial charge is 0.366 e. The molecule has 2 heterocycles. The van der Waals surface area contributed by atoms with Crippen LogP contribution in [0.3, 0.4) is 0 Å². The van der Waals surface area contributed by atoms with Crippen molar-refractivity contribution in [1.82, 2.24) is 9.97 Å². The zero-order valence-corrected chi connectivity index (χ0v) is 13.3. The number of hydrogen-bond acceptors (Lipinski definition) is 5. The Labute approximate surface area is 137 Å². The summed E-state index contributed by atoms with van der Waals surface area (Å²) in [6, 6.07) is 2.23. The van der Waals surface area contributed by atoms with Gasteiger partial charge in [0.15, 0.2) is 11.0 Å². The van der Waals surface area contributed by atoms with Crippen molar-refractivity contribution in [3.63, 3.8) is 0 Å². The van der Waals surface area contributed by atoms with E-state index < -0.39 is 12.8 Å². The lowest BCUT2D eigenvalue weighted by Crippen LogP contribution is -2.34. The molecule has 1 aliphatic rings. The molecule has 5 nitrogen and oxygen atoms in total. The molecule has 0 radical (unpaired) electrons. The van der Waals surface area contributed by atoms with Gasteiger partial charge in [0.2, 0.25) is 0 Å². The van der Waals surface area contributed by atoms with Crippen molar-refractivity contribution in [2.24, 2.45) is 5.92 Å². The van der Waals surface area contributed by atoms with Gasteiger partial charge in [0.25, 0.3) is 0 Å².